The van der Waals surface area contributed by atoms with Crippen molar-refractivity contribution in [2.45, 2.75) is 39.0 Å². The average Bonchev–Trinajstić information content (AvgIpc) is 3.04. The third-order valence-electron chi connectivity index (χ3n) is 6.37. The van der Waals surface area contributed by atoms with Crippen LogP contribution in [0.3, 0.4) is 0 Å². The molecule has 1 aliphatic carbocycles. The molecule has 1 aromatic rings. The molecule has 3 heterocycles. The van der Waals surface area contributed by atoms with Crippen LogP contribution in [0.1, 0.15) is 32.3 Å². The van der Waals surface area contributed by atoms with Crippen LogP contribution < -0.4 is 10.2 Å². The number of azo groups is 1. The topological polar surface area (TPSA) is 57.1 Å². The molecule has 0 amide bonds. The molecule has 0 saturated carbocycles. The number of ketones is 1. The molecule has 0 radical (unpaired) electrons. The summed E-state index contributed by atoms with van der Waals surface area (Å²) in [6.07, 6.45) is -1.61. The Bertz CT molecular complexity index is 982. The highest BCUT2D eigenvalue weighted by Gasteiger charge is 2.58. The van der Waals surface area contributed by atoms with Crippen molar-refractivity contribution in [3.05, 3.63) is 52.9 Å². The van der Waals surface area contributed by atoms with Gasteiger partial charge in [-0.1, -0.05) is 13.8 Å². The summed E-state index contributed by atoms with van der Waals surface area (Å²) in [6.45, 7) is 5.25. The lowest BCUT2D eigenvalue weighted by Crippen LogP contribution is -2.64. The number of halogens is 3. The number of benzene rings is 1. The summed E-state index contributed by atoms with van der Waals surface area (Å²) in [5.41, 5.74) is 2.22. The van der Waals surface area contributed by atoms with Gasteiger partial charge in [0.05, 0.1) is 17.2 Å². The minimum atomic E-state index is -4.35. The van der Waals surface area contributed by atoms with Crippen LogP contribution in [-0.2, 0) is 11.0 Å². The second-order valence-electron chi connectivity index (χ2n) is 9.14. The standard InChI is InChI=1S/C21H21F3N4O/c1-19(2)7-15-17(16(29)8-19)20(14-9-25-27-18(14)26-15)10-28(11-20)13-5-3-12(4-6-13)21(22,23)24/h3-6,9,18,26H,7-8,10-11H2,1-2H3. The predicted molar refractivity (Wildman–Crippen MR) is 101 cm³/mol. The van der Waals surface area contributed by atoms with Gasteiger partial charge in [-0.3, -0.25) is 4.79 Å². The van der Waals surface area contributed by atoms with Crippen molar-refractivity contribution in [2.24, 2.45) is 21.1 Å². The van der Waals surface area contributed by atoms with Crippen molar-refractivity contribution < 1.29 is 18.0 Å². The van der Waals surface area contributed by atoms with Crippen molar-refractivity contribution in [1.29, 1.82) is 0 Å². The zero-order valence-electron chi connectivity index (χ0n) is 16.2. The van der Waals surface area contributed by atoms with Crippen LogP contribution in [0, 0.1) is 10.8 Å². The molecule has 152 valence electrons. The number of hydrogen-bond donors (Lipinski definition) is 1. The molecule has 4 aliphatic rings. The van der Waals surface area contributed by atoms with Gasteiger partial charge < -0.3 is 10.2 Å². The number of fused-ring (bicyclic) bond motifs is 3. The van der Waals surface area contributed by atoms with Gasteiger partial charge in [0.2, 0.25) is 0 Å². The number of Topliss-reactive ketones (excluding diaryl/α,β-unsaturated/α-hetero) is 1. The van der Waals surface area contributed by atoms with E-state index in [0.29, 0.717) is 19.5 Å². The Morgan fingerprint density at radius 2 is 1.83 bits per heavy atom. The van der Waals surface area contributed by atoms with Crippen molar-refractivity contribution in [3.8, 4) is 0 Å². The van der Waals surface area contributed by atoms with E-state index in [9.17, 15) is 18.0 Å². The van der Waals surface area contributed by atoms with Crippen molar-refractivity contribution in [1.82, 2.24) is 5.32 Å². The van der Waals surface area contributed by atoms with Crippen molar-refractivity contribution in [2.75, 3.05) is 18.0 Å². The molecule has 1 spiro atoms. The van der Waals surface area contributed by atoms with E-state index in [-0.39, 0.29) is 17.4 Å². The first kappa shape index (κ1) is 18.4. The monoisotopic (exact) mass is 402 g/mol. The number of allylic oxidation sites excluding steroid dienone is 1. The van der Waals surface area contributed by atoms with Crippen molar-refractivity contribution in [3.63, 3.8) is 0 Å². The second-order valence-corrected chi connectivity index (χ2v) is 9.14. The molecule has 1 saturated heterocycles. The van der Waals surface area contributed by atoms with E-state index in [4.69, 9.17) is 0 Å². The normalized spacial score (nSPS) is 26.7. The van der Waals surface area contributed by atoms with Crippen LogP contribution in [0.2, 0.25) is 0 Å². The van der Waals surface area contributed by atoms with Gasteiger partial charge in [-0.2, -0.15) is 23.4 Å². The third-order valence-corrected chi connectivity index (χ3v) is 6.37. The van der Waals surface area contributed by atoms with Gasteiger partial charge in [-0.15, -0.1) is 0 Å². The Hall–Kier alpha value is -2.64. The average molecular weight is 402 g/mol. The lowest BCUT2D eigenvalue weighted by atomic mass is 9.59. The van der Waals surface area contributed by atoms with Gasteiger partial charge in [-0.25, -0.2) is 0 Å². The number of anilines is 1. The molecule has 3 aliphatic heterocycles. The highest BCUT2D eigenvalue weighted by atomic mass is 19.4. The summed E-state index contributed by atoms with van der Waals surface area (Å²) < 4.78 is 38.5. The summed E-state index contributed by atoms with van der Waals surface area (Å²) in [7, 11) is 0. The fraction of sp³-hybridized carbons (Fsp3) is 0.476. The molecule has 8 heteroatoms. The third kappa shape index (κ3) is 2.72. The van der Waals surface area contributed by atoms with Gasteiger partial charge >= 0.3 is 6.18 Å². The van der Waals surface area contributed by atoms with E-state index in [2.05, 4.69) is 29.4 Å². The maximum atomic E-state index is 13.1. The summed E-state index contributed by atoms with van der Waals surface area (Å²) in [4.78, 5) is 15.1. The van der Waals surface area contributed by atoms with Gasteiger partial charge in [0.25, 0.3) is 0 Å². The fourth-order valence-corrected chi connectivity index (χ4v) is 5.09. The minimum Gasteiger partial charge on any atom is -0.369 e. The van der Waals surface area contributed by atoms with Crippen LogP contribution >= 0.6 is 0 Å². The summed E-state index contributed by atoms with van der Waals surface area (Å²) in [5.74, 6) is 0.141. The Labute approximate surface area is 166 Å². The van der Waals surface area contributed by atoms with E-state index in [1.54, 1.807) is 6.20 Å². The molecule has 1 unspecified atom stereocenters. The molecule has 0 bridgehead atoms. The molecule has 1 N–H and O–H groups in total. The number of carbonyl (C=O) groups excluding carboxylic acids is 1. The molecule has 1 aromatic carbocycles. The maximum absolute atomic E-state index is 13.1. The number of hydrogen-bond acceptors (Lipinski definition) is 5. The number of rotatable bonds is 1. The summed E-state index contributed by atoms with van der Waals surface area (Å²) in [6, 6.07) is 5.19. The van der Waals surface area contributed by atoms with Crippen LogP contribution in [0.4, 0.5) is 18.9 Å². The SMILES string of the molecule is CC1(C)CC(=O)C2=C(C1)NC1N=NC=C1C21CN(c2ccc(C(F)(F)F)cc2)C1. The van der Waals surface area contributed by atoms with E-state index in [1.807, 2.05) is 4.90 Å². The van der Waals surface area contributed by atoms with Crippen LogP contribution in [0.5, 0.6) is 0 Å². The van der Waals surface area contributed by atoms with E-state index >= 15 is 0 Å². The van der Waals surface area contributed by atoms with Gasteiger partial charge in [0, 0.05) is 42.0 Å². The van der Waals surface area contributed by atoms with Crippen LogP contribution in [0.25, 0.3) is 0 Å². The highest BCUT2D eigenvalue weighted by Crippen LogP contribution is 2.55. The Kier molecular flexibility index (Phi) is 3.62. The second kappa shape index (κ2) is 5.70. The molecular formula is C21H21F3N4O. The van der Waals surface area contributed by atoms with Crippen molar-refractivity contribution >= 4 is 11.5 Å². The highest BCUT2D eigenvalue weighted by molar-refractivity contribution is 6.00. The Balaban J connectivity index is 1.48. The molecule has 29 heavy (non-hydrogen) atoms. The first-order valence-electron chi connectivity index (χ1n) is 9.65. The Morgan fingerprint density at radius 3 is 2.48 bits per heavy atom. The van der Waals surface area contributed by atoms with E-state index in [0.717, 1.165) is 41.1 Å². The lowest BCUT2D eigenvalue weighted by molar-refractivity contribution is -0.137. The molecule has 1 fully saturated rings. The zero-order valence-corrected chi connectivity index (χ0v) is 16.2. The number of nitrogens with one attached hydrogen (secondary N) is 1. The van der Waals surface area contributed by atoms with Gasteiger partial charge in [0.1, 0.15) is 0 Å². The fourth-order valence-electron chi connectivity index (χ4n) is 5.09. The zero-order chi connectivity index (χ0) is 20.6. The largest absolute Gasteiger partial charge is 0.416 e. The van der Waals surface area contributed by atoms with Gasteiger partial charge in [0.15, 0.2) is 11.9 Å². The maximum Gasteiger partial charge on any atom is 0.416 e. The van der Waals surface area contributed by atoms with Crippen LogP contribution in [0.15, 0.2) is 57.5 Å². The molecule has 0 aromatic heterocycles. The van der Waals surface area contributed by atoms with Gasteiger partial charge in [-0.05, 0) is 36.1 Å². The quantitative estimate of drug-likeness (QED) is 0.756. The molecular weight excluding hydrogens is 381 g/mol. The lowest BCUT2D eigenvalue weighted by Gasteiger charge is -2.57. The van der Waals surface area contributed by atoms with E-state index < -0.39 is 17.2 Å². The molecule has 5 nitrogen and oxygen atoms in total. The molecule has 1 atom stereocenters. The number of alkyl halides is 3. The number of nitrogens with zero attached hydrogens (tertiary/aromatic N) is 3. The van der Waals surface area contributed by atoms with E-state index in [1.165, 1.54) is 12.1 Å². The predicted octanol–water partition coefficient (Wildman–Crippen LogP) is 4.43. The smallest absolute Gasteiger partial charge is 0.369 e. The first-order valence-corrected chi connectivity index (χ1v) is 9.65. The van der Waals surface area contributed by atoms with Crippen LogP contribution in [-0.4, -0.2) is 25.0 Å². The number of carbonyl (C=O) groups is 1. The summed E-state index contributed by atoms with van der Waals surface area (Å²) in [5, 5.41) is 11.7. The Morgan fingerprint density at radius 1 is 1.14 bits per heavy atom. The summed E-state index contributed by atoms with van der Waals surface area (Å²) >= 11 is 0. The first-order chi connectivity index (χ1) is 13.6. The minimum absolute atomic E-state index is 0.113. The molecule has 5 rings (SSSR count).